The molecule has 0 spiro atoms. The van der Waals surface area contributed by atoms with E-state index in [9.17, 15) is 0 Å². The molecule has 0 fully saturated rings. The van der Waals surface area contributed by atoms with Crippen LogP contribution in [0.3, 0.4) is 0 Å². The van der Waals surface area contributed by atoms with Crippen molar-refractivity contribution in [3.63, 3.8) is 0 Å². The van der Waals surface area contributed by atoms with Crippen molar-refractivity contribution >= 4 is 11.8 Å². The molecule has 13 heavy (non-hydrogen) atoms. The van der Waals surface area contributed by atoms with Crippen molar-refractivity contribution < 1.29 is 5.11 Å². The summed E-state index contributed by atoms with van der Waals surface area (Å²) in [4.78, 5) is 0. The van der Waals surface area contributed by atoms with Gasteiger partial charge in [0.15, 0.2) is 0 Å². The molecule has 0 aromatic rings. The number of thioether (sulfide) groups is 1. The first kappa shape index (κ1) is 13.3. The fourth-order valence-electron chi connectivity index (χ4n) is 1.31. The van der Waals surface area contributed by atoms with E-state index in [0.717, 1.165) is 12.8 Å². The van der Waals surface area contributed by atoms with E-state index in [1.54, 1.807) is 0 Å². The summed E-state index contributed by atoms with van der Waals surface area (Å²) in [6.45, 7) is 6.90. The molecule has 0 bridgehead atoms. The van der Waals surface area contributed by atoms with Crippen LogP contribution in [0.1, 0.15) is 33.6 Å². The first-order valence-corrected chi connectivity index (χ1v) is 6.30. The van der Waals surface area contributed by atoms with E-state index in [1.807, 2.05) is 11.8 Å². The molecule has 2 nitrogen and oxygen atoms in total. The van der Waals surface area contributed by atoms with Gasteiger partial charge in [-0.3, -0.25) is 0 Å². The Morgan fingerprint density at radius 3 is 2.54 bits per heavy atom. The summed E-state index contributed by atoms with van der Waals surface area (Å²) in [5, 5.41) is 12.2. The quantitative estimate of drug-likeness (QED) is 0.634. The van der Waals surface area contributed by atoms with Crippen LogP contribution in [0.5, 0.6) is 0 Å². The molecular formula is C10H23NOS. The minimum absolute atomic E-state index is 0.310. The normalized spacial score (nSPS) is 15.7. The van der Waals surface area contributed by atoms with E-state index >= 15 is 0 Å². The van der Waals surface area contributed by atoms with Gasteiger partial charge in [0.25, 0.3) is 0 Å². The topological polar surface area (TPSA) is 32.3 Å². The van der Waals surface area contributed by atoms with Crippen LogP contribution in [-0.4, -0.2) is 35.3 Å². The van der Waals surface area contributed by atoms with Gasteiger partial charge in [-0.1, -0.05) is 6.92 Å². The van der Waals surface area contributed by atoms with Crippen LogP contribution in [-0.2, 0) is 0 Å². The lowest BCUT2D eigenvalue weighted by atomic mass is 10.2. The molecule has 80 valence electrons. The highest BCUT2D eigenvalue weighted by Gasteiger charge is 2.06. The second-order valence-corrected chi connectivity index (χ2v) is 4.81. The Kier molecular flexibility index (Phi) is 9.03. The zero-order valence-electron chi connectivity index (χ0n) is 9.05. The zero-order chi connectivity index (χ0) is 10.1. The monoisotopic (exact) mass is 205 g/mol. The molecule has 2 N–H and O–H groups in total. The van der Waals surface area contributed by atoms with Gasteiger partial charge in [0, 0.05) is 24.4 Å². The number of aliphatic hydroxyl groups excluding tert-OH is 1. The third-order valence-electron chi connectivity index (χ3n) is 1.94. The van der Waals surface area contributed by atoms with Gasteiger partial charge in [-0.2, -0.15) is 11.8 Å². The maximum Gasteiger partial charge on any atom is 0.0431 e. The Morgan fingerprint density at radius 2 is 2.00 bits per heavy atom. The van der Waals surface area contributed by atoms with Crippen LogP contribution in [0.4, 0.5) is 0 Å². The van der Waals surface area contributed by atoms with Gasteiger partial charge in [0.1, 0.15) is 0 Å². The number of aliphatic hydroxyl groups is 1. The molecule has 0 aromatic carbocycles. The average molecular weight is 205 g/mol. The summed E-state index contributed by atoms with van der Waals surface area (Å²) >= 11 is 1.97. The van der Waals surface area contributed by atoms with Crippen molar-refractivity contribution in [1.29, 1.82) is 0 Å². The lowest BCUT2D eigenvalue weighted by Gasteiger charge is -2.19. The van der Waals surface area contributed by atoms with Crippen molar-refractivity contribution in [2.24, 2.45) is 0 Å². The number of rotatable bonds is 8. The molecule has 2 atom stereocenters. The smallest absolute Gasteiger partial charge is 0.0431 e. The SMILES string of the molecule is CCSCC(C)NC(C)CCCO. The molecule has 0 aliphatic rings. The Labute approximate surface area is 86.5 Å². The fourth-order valence-corrected chi connectivity index (χ4v) is 1.99. The van der Waals surface area contributed by atoms with E-state index < -0.39 is 0 Å². The molecule has 0 aliphatic heterocycles. The van der Waals surface area contributed by atoms with Crippen LogP contribution in [0.2, 0.25) is 0 Å². The van der Waals surface area contributed by atoms with Crippen LogP contribution < -0.4 is 5.32 Å². The highest BCUT2D eigenvalue weighted by molar-refractivity contribution is 7.99. The van der Waals surface area contributed by atoms with Crippen molar-refractivity contribution in [1.82, 2.24) is 5.32 Å². The molecular weight excluding hydrogens is 182 g/mol. The van der Waals surface area contributed by atoms with Gasteiger partial charge >= 0.3 is 0 Å². The highest BCUT2D eigenvalue weighted by atomic mass is 32.2. The molecule has 0 radical (unpaired) electrons. The number of nitrogens with one attached hydrogen (secondary N) is 1. The summed E-state index contributed by atoms with van der Waals surface area (Å²) in [5.41, 5.74) is 0. The summed E-state index contributed by atoms with van der Waals surface area (Å²) in [7, 11) is 0. The summed E-state index contributed by atoms with van der Waals surface area (Å²) in [5.74, 6) is 2.37. The molecule has 0 aromatic heterocycles. The molecule has 0 heterocycles. The lowest BCUT2D eigenvalue weighted by molar-refractivity contribution is 0.275. The molecule has 3 heteroatoms. The Hall–Kier alpha value is 0.270. The van der Waals surface area contributed by atoms with Crippen molar-refractivity contribution in [3.05, 3.63) is 0 Å². The first-order valence-electron chi connectivity index (χ1n) is 5.15. The average Bonchev–Trinajstić information content (AvgIpc) is 2.11. The molecule has 0 rings (SSSR count). The first-order chi connectivity index (χ1) is 6.20. The predicted molar refractivity (Wildman–Crippen MR) is 61.4 cm³/mol. The minimum Gasteiger partial charge on any atom is -0.396 e. The van der Waals surface area contributed by atoms with E-state index in [-0.39, 0.29) is 0 Å². The van der Waals surface area contributed by atoms with Crippen LogP contribution in [0.15, 0.2) is 0 Å². The number of hydrogen-bond donors (Lipinski definition) is 2. The predicted octanol–water partition coefficient (Wildman–Crippen LogP) is 1.88. The van der Waals surface area contributed by atoms with E-state index in [0.29, 0.717) is 18.7 Å². The lowest BCUT2D eigenvalue weighted by Crippen LogP contribution is -2.36. The fraction of sp³-hybridized carbons (Fsp3) is 1.00. The highest BCUT2D eigenvalue weighted by Crippen LogP contribution is 2.03. The molecule has 0 amide bonds. The summed E-state index contributed by atoms with van der Waals surface area (Å²) in [6.07, 6.45) is 1.97. The van der Waals surface area contributed by atoms with Gasteiger partial charge in [-0.05, 0) is 32.4 Å². The summed E-state index contributed by atoms with van der Waals surface area (Å²) in [6, 6.07) is 1.11. The molecule has 0 saturated heterocycles. The van der Waals surface area contributed by atoms with Crippen molar-refractivity contribution in [3.8, 4) is 0 Å². The molecule has 2 unspecified atom stereocenters. The third-order valence-corrected chi connectivity index (χ3v) is 3.08. The van der Waals surface area contributed by atoms with Crippen LogP contribution >= 0.6 is 11.8 Å². The second kappa shape index (κ2) is 8.85. The largest absolute Gasteiger partial charge is 0.396 e. The maximum atomic E-state index is 8.66. The second-order valence-electron chi connectivity index (χ2n) is 3.49. The van der Waals surface area contributed by atoms with Gasteiger partial charge in [0.2, 0.25) is 0 Å². The standard InChI is InChI=1S/C10H23NOS/c1-4-13-8-10(3)11-9(2)6-5-7-12/h9-12H,4-8H2,1-3H3. The van der Waals surface area contributed by atoms with E-state index in [4.69, 9.17) is 5.11 Å². The molecule has 0 aliphatic carbocycles. The number of hydrogen-bond acceptors (Lipinski definition) is 3. The minimum atomic E-state index is 0.310. The van der Waals surface area contributed by atoms with Gasteiger partial charge < -0.3 is 10.4 Å². The summed E-state index contributed by atoms with van der Waals surface area (Å²) < 4.78 is 0. The van der Waals surface area contributed by atoms with Crippen molar-refractivity contribution in [2.45, 2.75) is 45.7 Å². The van der Waals surface area contributed by atoms with Crippen LogP contribution in [0, 0.1) is 0 Å². The Morgan fingerprint density at radius 1 is 1.31 bits per heavy atom. The van der Waals surface area contributed by atoms with Gasteiger partial charge in [-0.25, -0.2) is 0 Å². The van der Waals surface area contributed by atoms with Crippen molar-refractivity contribution in [2.75, 3.05) is 18.1 Å². The zero-order valence-corrected chi connectivity index (χ0v) is 9.86. The van der Waals surface area contributed by atoms with Crippen LogP contribution in [0.25, 0.3) is 0 Å². The van der Waals surface area contributed by atoms with Gasteiger partial charge in [-0.15, -0.1) is 0 Å². The Balaban J connectivity index is 3.35. The third kappa shape index (κ3) is 8.60. The maximum absolute atomic E-state index is 8.66. The molecule has 0 saturated carbocycles. The van der Waals surface area contributed by atoms with E-state index in [2.05, 4.69) is 26.1 Å². The Bertz CT molecular complexity index is 99.1. The van der Waals surface area contributed by atoms with E-state index in [1.165, 1.54) is 11.5 Å². The van der Waals surface area contributed by atoms with Gasteiger partial charge in [0.05, 0.1) is 0 Å².